The quantitative estimate of drug-likeness (QED) is 0.479. The van der Waals surface area contributed by atoms with Gasteiger partial charge in [0.1, 0.15) is 6.04 Å². The molecule has 0 aromatic carbocycles. The Morgan fingerprint density at radius 3 is 2.76 bits per heavy atom. The number of rotatable bonds is 5. The molecule has 0 saturated heterocycles. The average Bonchev–Trinajstić information content (AvgIpc) is 2.31. The number of allylic oxidation sites excluding steroid dienone is 1. The van der Waals surface area contributed by atoms with Gasteiger partial charge in [0.25, 0.3) is 10.1 Å². The Morgan fingerprint density at radius 1 is 1.71 bits per heavy atom. The lowest BCUT2D eigenvalue weighted by Gasteiger charge is -2.23. The van der Waals surface area contributed by atoms with E-state index >= 15 is 0 Å². The van der Waals surface area contributed by atoms with Gasteiger partial charge in [0, 0.05) is 6.42 Å². The molecule has 0 fully saturated rings. The van der Waals surface area contributed by atoms with Gasteiger partial charge in [-0.15, -0.1) is 0 Å². The highest BCUT2D eigenvalue weighted by atomic mass is 32.2. The molecule has 17 heavy (non-hydrogen) atoms. The second kappa shape index (κ2) is 4.57. The van der Waals surface area contributed by atoms with Crippen LogP contribution in [0.5, 0.6) is 0 Å². The highest BCUT2D eigenvalue weighted by Crippen LogP contribution is 2.27. The normalized spacial score (nSPS) is 27.2. The second-order valence-corrected chi connectivity index (χ2v) is 5.38. The molecule has 1 aliphatic carbocycles. The summed E-state index contributed by atoms with van der Waals surface area (Å²) in [6.45, 7) is 0. The van der Waals surface area contributed by atoms with Crippen LogP contribution in [0.2, 0.25) is 0 Å². The van der Waals surface area contributed by atoms with Gasteiger partial charge in [-0.3, -0.25) is 9.35 Å². The minimum Gasteiger partial charge on any atom is -0.480 e. The van der Waals surface area contributed by atoms with Crippen LogP contribution in [0.3, 0.4) is 0 Å². The molecule has 0 aliphatic heterocycles. The first-order valence-corrected chi connectivity index (χ1v) is 6.11. The molecule has 1 unspecified atom stereocenters. The zero-order valence-corrected chi connectivity index (χ0v) is 9.55. The van der Waals surface area contributed by atoms with Crippen molar-refractivity contribution in [3.63, 3.8) is 0 Å². The molecule has 7 nitrogen and oxygen atoms in total. The maximum absolute atomic E-state index is 11.3. The monoisotopic (exact) mass is 264 g/mol. The molecular formula is C9H13NO6S. The molecular weight excluding hydrogens is 250 g/mol. The summed E-state index contributed by atoms with van der Waals surface area (Å²) < 4.78 is 32.4. The second-order valence-electron chi connectivity index (χ2n) is 3.76. The third-order valence-corrected chi connectivity index (χ3v) is 3.59. The molecule has 0 bridgehead atoms. The number of hydrogen-bond donors (Lipinski definition) is 4. The van der Waals surface area contributed by atoms with Crippen LogP contribution in [0.15, 0.2) is 23.8 Å². The van der Waals surface area contributed by atoms with E-state index in [1.165, 1.54) is 12.2 Å². The number of carboxylic acids is 1. The van der Waals surface area contributed by atoms with Gasteiger partial charge >= 0.3 is 5.97 Å². The Labute approximate surface area is 99.5 Å². The van der Waals surface area contributed by atoms with E-state index in [0.29, 0.717) is 5.57 Å². The first kappa shape index (κ1) is 12.2. The van der Waals surface area contributed by atoms with E-state index in [1.54, 1.807) is 0 Å². The van der Waals surface area contributed by atoms with Crippen molar-refractivity contribution >= 4 is 16.1 Å². The number of hydrogen-bond acceptors (Lipinski definition) is 6. The van der Waals surface area contributed by atoms with E-state index in [1.807, 2.05) is 0 Å². The van der Waals surface area contributed by atoms with E-state index in [9.17, 15) is 18.3 Å². The number of nitrogens with two attached hydrogens (primary N) is 1. The fourth-order valence-corrected chi connectivity index (χ4v) is 1.85. The highest BCUT2D eigenvalue weighted by molar-refractivity contribution is 7.87. The van der Waals surface area contributed by atoms with E-state index in [-0.39, 0.29) is 12.8 Å². The van der Waals surface area contributed by atoms with Crippen LogP contribution >= 0.6 is 0 Å². The molecule has 0 spiro atoms. The Hall–Kier alpha value is -1.22. The molecule has 1 aliphatic rings. The molecule has 5 N–H and O–H groups in total. The van der Waals surface area contributed by atoms with Crippen LogP contribution in [0.1, 0.15) is 12.8 Å². The van der Waals surface area contributed by atoms with Crippen LogP contribution in [0.25, 0.3) is 1.43 Å². The lowest BCUT2D eigenvalue weighted by molar-refractivity contribution is -0.138. The summed E-state index contributed by atoms with van der Waals surface area (Å²) in [7, 11) is -4.45. The summed E-state index contributed by atoms with van der Waals surface area (Å²) in [4.78, 5) is 8.24. The maximum Gasteiger partial charge on any atom is 0.320 e. The predicted molar refractivity (Wildman–Crippen MR) is 58.6 cm³/mol. The van der Waals surface area contributed by atoms with Gasteiger partial charge in [-0.2, -0.15) is 8.42 Å². The van der Waals surface area contributed by atoms with Crippen molar-refractivity contribution in [3.8, 4) is 0 Å². The first-order valence-electron chi connectivity index (χ1n) is 5.11. The summed E-state index contributed by atoms with van der Waals surface area (Å²) >= 11 is 0. The fraction of sp³-hybridized carbons (Fsp3) is 0.444. The third kappa shape index (κ3) is 3.13. The number of carboxylic acid groups (broad SMARTS) is 1. The molecule has 0 saturated carbocycles. The van der Waals surface area contributed by atoms with Crippen LogP contribution in [-0.2, 0) is 14.9 Å². The first-order chi connectivity index (χ1) is 8.22. The van der Waals surface area contributed by atoms with Crippen LogP contribution < -0.4 is 5.73 Å². The molecule has 0 aromatic rings. The standard InChI is InChI=1S/C9H13NO6S/c10-7(8(11)12)5-6-1-3-9(13,4-2-6)17(14,15)16/h1-3,7,13H,4-5,10H2,(H,11,12)(H,14,15,16)/t7-,9?/m0/s1/i/hD. The van der Waals surface area contributed by atoms with Crippen molar-refractivity contribution in [2.75, 3.05) is 0 Å². The van der Waals surface area contributed by atoms with Gasteiger partial charge in [-0.1, -0.05) is 12.2 Å². The zero-order valence-electron chi connectivity index (χ0n) is 9.74. The highest BCUT2D eigenvalue weighted by Gasteiger charge is 2.38. The van der Waals surface area contributed by atoms with E-state index in [2.05, 4.69) is 4.56 Å². The molecule has 0 radical (unpaired) electrons. The molecule has 0 amide bonds. The summed E-state index contributed by atoms with van der Waals surface area (Å²) in [5.74, 6) is -1.17. The largest absolute Gasteiger partial charge is 0.480 e. The smallest absolute Gasteiger partial charge is 0.320 e. The molecule has 96 valence electrons. The summed E-state index contributed by atoms with van der Waals surface area (Å²) in [6, 6.07) is -1.10. The molecule has 8 heteroatoms. The van der Waals surface area contributed by atoms with Crippen molar-refractivity contribution in [1.29, 1.82) is 1.43 Å². The van der Waals surface area contributed by atoms with Crippen molar-refractivity contribution < 1.29 is 28.0 Å². The van der Waals surface area contributed by atoms with E-state index in [4.69, 9.17) is 12.3 Å². The Morgan fingerprint density at radius 2 is 2.35 bits per heavy atom. The number of aliphatic hydroxyl groups is 1. The summed E-state index contributed by atoms with van der Waals surface area (Å²) in [5.41, 5.74) is 5.81. The Bertz CT molecular complexity index is 499. The molecule has 0 heterocycles. The van der Waals surface area contributed by atoms with Crippen LogP contribution in [0, 0.1) is 0 Å². The summed E-state index contributed by atoms with van der Waals surface area (Å²) in [5, 5.41) is 18.4. The van der Waals surface area contributed by atoms with Gasteiger partial charge in [-0.25, -0.2) is 0 Å². The minimum absolute atomic E-state index is 0.0176. The van der Waals surface area contributed by atoms with E-state index in [0.717, 1.165) is 6.08 Å². The minimum atomic E-state index is -4.45. The summed E-state index contributed by atoms with van der Waals surface area (Å²) in [6.07, 6.45) is 3.24. The lowest BCUT2D eigenvalue weighted by Crippen LogP contribution is -2.37. The van der Waals surface area contributed by atoms with Crippen LogP contribution in [0.4, 0.5) is 0 Å². The van der Waals surface area contributed by atoms with Crippen molar-refractivity contribution in [2.45, 2.75) is 23.8 Å². The average molecular weight is 264 g/mol. The lowest BCUT2D eigenvalue weighted by atomic mass is 9.99. The maximum atomic E-state index is 11.3. The number of aliphatic carboxylic acids is 1. The topological polar surface area (TPSA) is 138 Å². The Balaban J connectivity index is 2.79. The van der Waals surface area contributed by atoms with Crippen molar-refractivity contribution in [1.82, 2.24) is 0 Å². The van der Waals surface area contributed by atoms with Crippen LogP contribution in [-0.4, -0.2) is 40.1 Å². The van der Waals surface area contributed by atoms with Gasteiger partial charge in [-0.05, 0) is 18.1 Å². The number of carbonyl (C=O) groups is 1. The molecule has 2 atom stereocenters. The van der Waals surface area contributed by atoms with Crippen molar-refractivity contribution in [2.24, 2.45) is 5.73 Å². The zero-order chi connectivity index (χ0) is 14.0. The Kier molecular flexibility index (Phi) is 3.29. The SMILES string of the molecule is [2H]OS(=O)(=O)C1(O)C=CC(C[C@H](N)C(=O)O)=CC1. The fourth-order valence-electron chi connectivity index (χ4n) is 1.33. The van der Waals surface area contributed by atoms with Crippen molar-refractivity contribution in [3.05, 3.63) is 23.8 Å². The predicted octanol–water partition coefficient (Wildman–Crippen LogP) is -0.749. The van der Waals surface area contributed by atoms with Gasteiger partial charge in [0.15, 0.2) is 0 Å². The van der Waals surface area contributed by atoms with E-state index < -0.39 is 27.1 Å². The van der Waals surface area contributed by atoms with Gasteiger partial charge in [0.05, 0.1) is 0 Å². The molecule has 1 rings (SSSR count). The van der Waals surface area contributed by atoms with Gasteiger partial charge in [0.2, 0.25) is 6.36 Å². The third-order valence-electron chi connectivity index (χ3n) is 2.42. The van der Waals surface area contributed by atoms with Gasteiger partial charge < -0.3 is 15.9 Å². The molecule has 0 aromatic heterocycles.